The molecule has 0 saturated heterocycles. The minimum atomic E-state index is -0.785. The molecule has 1 heterocycles. The van der Waals surface area contributed by atoms with Gasteiger partial charge in [0.1, 0.15) is 0 Å². The van der Waals surface area contributed by atoms with Crippen molar-refractivity contribution in [2.24, 2.45) is 0 Å². The number of carbonyl (C=O) groups excluding carboxylic acids is 2. The van der Waals surface area contributed by atoms with Crippen molar-refractivity contribution in [3.63, 3.8) is 0 Å². The number of aromatic nitrogens is 2. The van der Waals surface area contributed by atoms with Crippen LogP contribution < -0.4 is 0 Å². The molecule has 0 aliphatic heterocycles. The summed E-state index contributed by atoms with van der Waals surface area (Å²) in [6, 6.07) is 4.08. The van der Waals surface area contributed by atoms with Gasteiger partial charge < -0.3 is 4.74 Å². The molecule has 0 bridgehead atoms. The fourth-order valence-corrected chi connectivity index (χ4v) is 1.77. The fourth-order valence-electron chi connectivity index (χ4n) is 1.77. The van der Waals surface area contributed by atoms with Gasteiger partial charge in [0.25, 0.3) is 5.69 Å². The molecule has 2 aromatic rings. The molecular formula is C15H13N3O5. The zero-order valence-corrected chi connectivity index (χ0v) is 12.5. The van der Waals surface area contributed by atoms with Gasteiger partial charge in [0, 0.05) is 23.4 Å². The molecule has 1 aromatic heterocycles. The number of Topliss-reactive ketones (excluding diaryl/α,β-unsaturated/α-hetero) is 1. The van der Waals surface area contributed by atoms with Gasteiger partial charge in [0.15, 0.2) is 12.3 Å². The summed E-state index contributed by atoms with van der Waals surface area (Å²) in [5.41, 5.74) is 1.01. The highest BCUT2D eigenvalue weighted by molar-refractivity contribution is 5.99. The van der Waals surface area contributed by atoms with Gasteiger partial charge in [-0.3, -0.25) is 19.9 Å². The van der Waals surface area contributed by atoms with Crippen LogP contribution in [0, 0.1) is 24.0 Å². The highest BCUT2D eigenvalue weighted by Gasteiger charge is 2.17. The summed E-state index contributed by atoms with van der Waals surface area (Å²) in [6.07, 6.45) is 2.65. The van der Waals surface area contributed by atoms with E-state index in [1.54, 1.807) is 13.8 Å². The lowest BCUT2D eigenvalue weighted by molar-refractivity contribution is -0.385. The van der Waals surface area contributed by atoms with Gasteiger partial charge >= 0.3 is 5.97 Å². The number of nitro benzene ring substituents is 1. The van der Waals surface area contributed by atoms with Crippen molar-refractivity contribution in [1.29, 1.82) is 0 Å². The third-order valence-electron chi connectivity index (χ3n) is 3.05. The number of esters is 1. The van der Waals surface area contributed by atoms with Gasteiger partial charge in [-0.2, -0.15) is 0 Å². The van der Waals surface area contributed by atoms with Gasteiger partial charge in [-0.1, -0.05) is 12.1 Å². The molecule has 1 aromatic carbocycles. The number of nitro groups is 1. The van der Waals surface area contributed by atoms with Crippen LogP contribution in [-0.2, 0) is 4.74 Å². The number of benzene rings is 1. The smallest absolute Gasteiger partial charge is 0.358 e. The van der Waals surface area contributed by atoms with Crippen LogP contribution in [0.2, 0.25) is 0 Å². The molecule has 0 spiro atoms. The first-order valence-corrected chi connectivity index (χ1v) is 6.62. The van der Waals surface area contributed by atoms with Gasteiger partial charge in [-0.05, 0) is 13.8 Å². The van der Waals surface area contributed by atoms with Crippen LogP contribution in [0.1, 0.15) is 32.1 Å². The molecule has 0 N–H and O–H groups in total. The predicted molar refractivity (Wildman–Crippen MR) is 79.2 cm³/mol. The molecule has 8 nitrogen and oxygen atoms in total. The average molecular weight is 315 g/mol. The number of aryl methyl sites for hydroxylation is 2. The number of hydrogen-bond donors (Lipinski definition) is 0. The van der Waals surface area contributed by atoms with Crippen molar-refractivity contribution < 1.29 is 19.2 Å². The lowest BCUT2D eigenvalue weighted by Gasteiger charge is -2.05. The van der Waals surface area contributed by atoms with E-state index in [1.165, 1.54) is 24.5 Å². The van der Waals surface area contributed by atoms with E-state index in [1.807, 2.05) is 0 Å². The fraction of sp³-hybridized carbons (Fsp3) is 0.200. The van der Waals surface area contributed by atoms with E-state index in [2.05, 4.69) is 9.97 Å². The third-order valence-corrected chi connectivity index (χ3v) is 3.05. The molecule has 118 valence electrons. The summed E-state index contributed by atoms with van der Waals surface area (Å²) in [5.74, 6) is -1.33. The molecule has 23 heavy (non-hydrogen) atoms. The van der Waals surface area contributed by atoms with Crippen LogP contribution in [0.3, 0.4) is 0 Å². The van der Waals surface area contributed by atoms with E-state index in [4.69, 9.17) is 4.74 Å². The minimum Gasteiger partial charge on any atom is -0.453 e. The summed E-state index contributed by atoms with van der Waals surface area (Å²) in [7, 11) is 0. The van der Waals surface area contributed by atoms with E-state index in [-0.39, 0.29) is 16.9 Å². The summed E-state index contributed by atoms with van der Waals surface area (Å²) in [4.78, 5) is 41.8. The van der Waals surface area contributed by atoms with Crippen molar-refractivity contribution in [1.82, 2.24) is 9.97 Å². The summed E-state index contributed by atoms with van der Waals surface area (Å²) >= 11 is 0. The monoisotopic (exact) mass is 315 g/mol. The van der Waals surface area contributed by atoms with Crippen LogP contribution in [0.4, 0.5) is 5.69 Å². The number of nitrogens with zero attached hydrogens (tertiary/aromatic N) is 3. The Morgan fingerprint density at radius 2 is 1.96 bits per heavy atom. The predicted octanol–water partition coefficient (Wildman–Crippen LogP) is 2.04. The van der Waals surface area contributed by atoms with Crippen LogP contribution in [0.15, 0.2) is 30.6 Å². The SMILES string of the molecule is Cc1cnc(C(=O)OCC(=O)c2ccc(C)c([N+](=O)[O-])c2)cn1. The van der Waals surface area contributed by atoms with Gasteiger partial charge in [-0.25, -0.2) is 9.78 Å². The van der Waals surface area contributed by atoms with Gasteiger partial charge in [0.2, 0.25) is 5.78 Å². The van der Waals surface area contributed by atoms with E-state index in [9.17, 15) is 19.7 Å². The average Bonchev–Trinajstić information content (AvgIpc) is 2.53. The normalized spacial score (nSPS) is 10.2. The first-order valence-electron chi connectivity index (χ1n) is 6.62. The Morgan fingerprint density at radius 1 is 1.22 bits per heavy atom. The Hall–Kier alpha value is -3.16. The number of hydrogen-bond acceptors (Lipinski definition) is 7. The largest absolute Gasteiger partial charge is 0.453 e. The molecule has 0 saturated carbocycles. The zero-order chi connectivity index (χ0) is 17.0. The molecule has 0 aliphatic rings. The lowest BCUT2D eigenvalue weighted by atomic mass is 10.1. The number of carbonyl (C=O) groups is 2. The second-order valence-corrected chi connectivity index (χ2v) is 4.80. The third kappa shape index (κ3) is 3.94. The summed E-state index contributed by atoms with van der Waals surface area (Å²) in [5, 5.41) is 10.9. The second kappa shape index (κ2) is 6.73. The van der Waals surface area contributed by atoms with Crippen LogP contribution >= 0.6 is 0 Å². The topological polar surface area (TPSA) is 112 Å². The number of ether oxygens (including phenoxy) is 1. The van der Waals surface area contributed by atoms with Crippen LogP contribution in [0.25, 0.3) is 0 Å². The lowest BCUT2D eigenvalue weighted by Crippen LogP contribution is -2.15. The van der Waals surface area contributed by atoms with Crippen LogP contribution in [0.5, 0.6) is 0 Å². The van der Waals surface area contributed by atoms with Gasteiger partial charge in [-0.15, -0.1) is 0 Å². The molecule has 8 heteroatoms. The minimum absolute atomic E-state index is 0.0155. The first-order chi connectivity index (χ1) is 10.9. The Kier molecular flexibility index (Phi) is 4.75. The molecule has 0 radical (unpaired) electrons. The van der Waals surface area contributed by atoms with E-state index in [0.717, 1.165) is 6.07 Å². The maximum Gasteiger partial charge on any atom is 0.358 e. The summed E-state index contributed by atoms with van der Waals surface area (Å²) < 4.78 is 4.85. The highest BCUT2D eigenvalue weighted by Crippen LogP contribution is 2.19. The Morgan fingerprint density at radius 3 is 2.57 bits per heavy atom. The van der Waals surface area contributed by atoms with Crippen molar-refractivity contribution in [3.8, 4) is 0 Å². The van der Waals surface area contributed by atoms with E-state index in [0.29, 0.717) is 11.3 Å². The molecule has 0 aliphatic carbocycles. The van der Waals surface area contributed by atoms with Crippen molar-refractivity contribution in [2.75, 3.05) is 6.61 Å². The molecule has 0 unspecified atom stereocenters. The molecule has 0 fully saturated rings. The standard InChI is InChI=1S/C15H13N3O5/c1-9-3-4-11(5-13(9)18(21)22)14(19)8-23-15(20)12-7-16-10(2)6-17-12/h3-7H,8H2,1-2H3. The van der Waals surface area contributed by atoms with E-state index < -0.39 is 23.3 Å². The maximum atomic E-state index is 12.0. The number of ketones is 1. The molecular weight excluding hydrogens is 302 g/mol. The molecule has 2 rings (SSSR count). The Balaban J connectivity index is 2.05. The highest BCUT2D eigenvalue weighted by atomic mass is 16.6. The van der Waals surface area contributed by atoms with E-state index >= 15 is 0 Å². The van der Waals surface area contributed by atoms with Gasteiger partial charge in [0.05, 0.1) is 16.8 Å². The molecule has 0 amide bonds. The summed E-state index contributed by atoms with van der Waals surface area (Å²) in [6.45, 7) is 2.76. The second-order valence-electron chi connectivity index (χ2n) is 4.80. The first kappa shape index (κ1) is 16.2. The zero-order valence-electron chi connectivity index (χ0n) is 12.5. The van der Waals surface area contributed by atoms with Crippen molar-refractivity contribution in [2.45, 2.75) is 13.8 Å². The maximum absolute atomic E-state index is 12.0. The quantitative estimate of drug-likeness (QED) is 0.359. The Bertz CT molecular complexity index is 771. The Labute approximate surface area is 131 Å². The van der Waals surface area contributed by atoms with Crippen LogP contribution in [-0.4, -0.2) is 33.3 Å². The van der Waals surface area contributed by atoms with Crippen molar-refractivity contribution in [3.05, 3.63) is 63.2 Å². The number of rotatable bonds is 5. The molecule has 0 atom stereocenters. The van der Waals surface area contributed by atoms with Crippen molar-refractivity contribution >= 4 is 17.4 Å².